The van der Waals surface area contributed by atoms with Crippen LogP contribution in [-0.4, -0.2) is 24.0 Å². The van der Waals surface area contributed by atoms with Crippen LogP contribution in [0.15, 0.2) is 40.9 Å². The summed E-state index contributed by atoms with van der Waals surface area (Å²) in [5.41, 5.74) is 0.697. The maximum atomic E-state index is 11.5. The minimum absolute atomic E-state index is 0.385. The molecule has 4 nitrogen and oxygen atoms in total. The van der Waals surface area contributed by atoms with Crippen molar-refractivity contribution in [2.24, 2.45) is 0 Å². The Morgan fingerprint density at radius 1 is 1.25 bits per heavy atom. The largest absolute Gasteiger partial charge is 0.478 e. The van der Waals surface area contributed by atoms with Crippen molar-refractivity contribution in [1.82, 2.24) is 0 Å². The van der Waals surface area contributed by atoms with Crippen LogP contribution >= 0.6 is 15.9 Å². The number of carbonyl (C=O) groups excluding carboxylic acids is 1. The fraction of sp³-hybridized carbons (Fsp3) is 0.0909. The van der Waals surface area contributed by atoms with E-state index in [4.69, 9.17) is 5.11 Å². The molecule has 0 radical (unpaired) electrons. The van der Waals surface area contributed by atoms with Gasteiger partial charge in [0.1, 0.15) is 0 Å². The zero-order chi connectivity index (χ0) is 12.1. The number of amides is 1. The van der Waals surface area contributed by atoms with Crippen molar-refractivity contribution >= 4 is 33.5 Å². The van der Waals surface area contributed by atoms with Crippen molar-refractivity contribution in [2.45, 2.75) is 0 Å². The number of rotatable bonds is 3. The predicted molar refractivity (Wildman–Crippen MR) is 64.3 cm³/mol. The van der Waals surface area contributed by atoms with Crippen LogP contribution in [-0.2, 0) is 9.59 Å². The molecular formula is C11H10BrNO3. The third kappa shape index (κ3) is 3.51. The number of halogens is 1. The summed E-state index contributed by atoms with van der Waals surface area (Å²) in [6.45, 7) is 0. The highest BCUT2D eigenvalue weighted by Crippen LogP contribution is 2.17. The van der Waals surface area contributed by atoms with Crippen LogP contribution in [0.1, 0.15) is 0 Å². The number of carbonyl (C=O) groups is 2. The minimum Gasteiger partial charge on any atom is -0.478 e. The number of hydrogen-bond acceptors (Lipinski definition) is 2. The normalized spacial score (nSPS) is 10.4. The van der Waals surface area contributed by atoms with Crippen LogP contribution in [0.2, 0.25) is 0 Å². The third-order valence-electron chi connectivity index (χ3n) is 1.91. The monoisotopic (exact) mass is 283 g/mol. The van der Waals surface area contributed by atoms with Gasteiger partial charge in [-0.25, -0.2) is 4.79 Å². The summed E-state index contributed by atoms with van der Waals surface area (Å²) in [7, 11) is 1.58. The Bertz CT molecular complexity index is 425. The van der Waals surface area contributed by atoms with Gasteiger partial charge in [-0.1, -0.05) is 15.9 Å². The topological polar surface area (TPSA) is 57.6 Å². The van der Waals surface area contributed by atoms with Gasteiger partial charge in [0.05, 0.1) is 0 Å². The predicted octanol–water partition coefficient (Wildman–Crippen LogP) is 2.05. The SMILES string of the molecule is CN(C(=O)/C=C/C(=O)O)c1ccc(Br)cc1. The number of likely N-dealkylation sites (N-methyl/N-ethyl adjacent to an activating group) is 1. The van der Waals surface area contributed by atoms with Crippen molar-refractivity contribution in [3.05, 3.63) is 40.9 Å². The lowest BCUT2D eigenvalue weighted by Crippen LogP contribution is -2.24. The Morgan fingerprint density at radius 3 is 2.31 bits per heavy atom. The van der Waals surface area contributed by atoms with Gasteiger partial charge in [0, 0.05) is 29.4 Å². The lowest BCUT2D eigenvalue weighted by Gasteiger charge is -2.14. The van der Waals surface area contributed by atoms with E-state index in [1.807, 2.05) is 0 Å². The smallest absolute Gasteiger partial charge is 0.328 e. The van der Waals surface area contributed by atoms with Gasteiger partial charge in [-0.3, -0.25) is 4.79 Å². The summed E-state index contributed by atoms with van der Waals surface area (Å²) in [5.74, 6) is -1.53. The van der Waals surface area contributed by atoms with E-state index in [2.05, 4.69) is 15.9 Å². The van der Waals surface area contributed by atoms with Gasteiger partial charge in [0.25, 0.3) is 5.91 Å². The standard InChI is InChI=1S/C11H10BrNO3/c1-13(10(14)6-7-11(15)16)9-4-2-8(12)3-5-9/h2-7H,1H3,(H,15,16)/b7-6+. The Balaban J connectivity index is 2.78. The van der Waals surface area contributed by atoms with Crippen LogP contribution in [0.4, 0.5) is 5.69 Å². The third-order valence-corrected chi connectivity index (χ3v) is 2.44. The number of anilines is 1. The van der Waals surface area contributed by atoms with E-state index in [9.17, 15) is 9.59 Å². The number of carboxylic acids is 1. The first kappa shape index (κ1) is 12.4. The number of carboxylic acid groups (broad SMARTS) is 1. The molecule has 84 valence electrons. The molecular weight excluding hydrogens is 274 g/mol. The van der Waals surface area contributed by atoms with E-state index in [1.165, 1.54) is 4.90 Å². The molecule has 1 rings (SSSR count). The molecule has 0 aromatic heterocycles. The molecule has 0 atom stereocenters. The van der Waals surface area contributed by atoms with Gasteiger partial charge >= 0.3 is 5.97 Å². The molecule has 0 aliphatic heterocycles. The van der Waals surface area contributed by atoms with Gasteiger partial charge < -0.3 is 10.0 Å². The first-order valence-electron chi connectivity index (χ1n) is 4.45. The van der Waals surface area contributed by atoms with Crippen molar-refractivity contribution in [1.29, 1.82) is 0 Å². The molecule has 0 aliphatic carbocycles. The average molecular weight is 284 g/mol. The highest BCUT2D eigenvalue weighted by molar-refractivity contribution is 9.10. The quantitative estimate of drug-likeness (QED) is 0.864. The van der Waals surface area contributed by atoms with Crippen LogP contribution in [0.3, 0.4) is 0 Å². The molecule has 1 amide bonds. The second kappa shape index (κ2) is 5.46. The molecule has 0 spiro atoms. The van der Waals surface area contributed by atoms with E-state index in [1.54, 1.807) is 31.3 Å². The molecule has 1 aromatic rings. The molecule has 0 heterocycles. The van der Waals surface area contributed by atoms with Gasteiger partial charge in [0.15, 0.2) is 0 Å². The van der Waals surface area contributed by atoms with E-state index < -0.39 is 5.97 Å². The summed E-state index contributed by atoms with van der Waals surface area (Å²) in [4.78, 5) is 23.1. The van der Waals surface area contributed by atoms with Crippen LogP contribution < -0.4 is 4.90 Å². The van der Waals surface area contributed by atoms with E-state index >= 15 is 0 Å². The maximum Gasteiger partial charge on any atom is 0.328 e. The lowest BCUT2D eigenvalue weighted by molar-refractivity contribution is -0.131. The summed E-state index contributed by atoms with van der Waals surface area (Å²) in [6, 6.07) is 7.13. The van der Waals surface area contributed by atoms with Gasteiger partial charge in [0.2, 0.25) is 0 Å². The first-order chi connectivity index (χ1) is 7.50. The number of aliphatic carboxylic acids is 1. The molecule has 0 fully saturated rings. The Kier molecular flexibility index (Phi) is 4.25. The highest BCUT2D eigenvalue weighted by atomic mass is 79.9. The van der Waals surface area contributed by atoms with Gasteiger partial charge in [-0.2, -0.15) is 0 Å². The maximum absolute atomic E-state index is 11.5. The van der Waals surface area contributed by atoms with Crippen molar-refractivity contribution in [3.8, 4) is 0 Å². The second-order valence-corrected chi connectivity index (χ2v) is 3.96. The fourth-order valence-corrected chi connectivity index (χ4v) is 1.31. The molecule has 5 heteroatoms. The minimum atomic E-state index is -1.14. The summed E-state index contributed by atoms with van der Waals surface area (Å²) >= 11 is 3.29. The number of hydrogen-bond donors (Lipinski definition) is 1. The molecule has 0 saturated heterocycles. The summed E-state index contributed by atoms with van der Waals surface area (Å²) < 4.78 is 0.915. The molecule has 0 aliphatic rings. The van der Waals surface area contributed by atoms with Gasteiger partial charge in [-0.15, -0.1) is 0 Å². The molecule has 0 unspecified atom stereocenters. The van der Waals surface area contributed by atoms with E-state index in [0.717, 1.165) is 16.6 Å². The Morgan fingerprint density at radius 2 is 1.81 bits per heavy atom. The summed E-state index contributed by atoms with van der Waals surface area (Å²) in [6.07, 6.45) is 1.84. The van der Waals surface area contributed by atoms with E-state index in [-0.39, 0.29) is 5.91 Å². The Labute approximate surface area is 101 Å². The zero-order valence-corrected chi connectivity index (χ0v) is 10.1. The lowest BCUT2D eigenvalue weighted by atomic mass is 10.3. The molecule has 16 heavy (non-hydrogen) atoms. The van der Waals surface area contributed by atoms with Crippen LogP contribution in [0, 0.1) is 0 Å². The summed E-state index contributed by atoms with van der Waals surface area (Å²) in [5, 5.41) is 8.39. The fourth-order valence-electron chi connectivity index (χ4n) is 1.05. The Hall–Kier alpha value is -1.62. The van der Waals surface area contributed by atoms with Crippen molar-refractivity contribution in [3.63, 3.8) is 0 Å². The number of benzene rings is 1. The molecule has 0 bridgehead atoms. The molecule has 1 N–H and O–H groups in total. The van der Waals surface area contributed by atoms with E-state index in [0.29, 0.717) is 5.69 Å². The second-order valence-electron chi connectivity index (χ2n) is 3.05. The highest BCUT2D eigenvalue weighted by Gasteiger charge is 2.07. The van der Waals surface area contributed by atoms with Crippen LogP contribution in [0.5, 0.6) is 0 Å². The average Bonchev–Trinajstić information content (AvgIpc) is 2.26. The van der Waals surface area contributed by atoms with Crippen molar-refractivity contribution < 1.29 is 14.7 Å². The van der Waals surface area contributed by atoms with Crippen LogP contribution in [0.25, 0.3) is 0 Å². The van der Waals surface area contributed by atoms with Gasteiger partial charge in [-0.05, 0) is 24.3 Å². The number of nitrogens with zero attached hydrogens (tertiary/aromatic N) is 1. The zero-order valence-electron chi connectivity index (χ0n) is 8.55. The molecule has 0 saturated carbocycles. The van der Waals surface area contributed by atoms with Crippen molar-refractivity contribution in [2.75, 3.05) is 11.9 Å². The molecule has 1 aromatic carbocycles. The first-order valence-corrected chi connectivity index (χ1v) is 5.24.